The molecule has 0 saturated carbocycles. The molecule has 0 aliphatic heterocycles. The first kappa shape index (κ1) is 12.6. The van der Waals surface area contributed by atoms with Gasteiger partial charge in [-0.3, -0.25) is 14.9 Å². The summed E-state index contributed by atoms with van der Waals surface area (Å²) in [6.45, 7) is 6.27. The molecular weight excluding hydrogens is 252 g/mol. The van der Waals surface area contributed by atoms with E-state index in [0.29, 0.717) is 11.3 Å². The first-order chi connectivity index (χ1) is 9.45. The lowest BCUT2D eigenvalue weighted by molar-refractivity contribution is 0.561. The molecule has 0 aromatic carbocycles. The summed E-state index contributed by atoms with van der Waals surface area (Å²) in [6.07, 6.45) is 3.38. The molecule has 3 rings (SSSR count). The highest BCUT2D eigenvalue weighted by Crippen LogP contribution is 2.22. The van der Waals surface area contributed by atoms with E-state index < -0.39 is 0 Å². The smallest absolute Gasteiger partial charge is 0.273 e. The summed E-state index contributed by atoms with van der Waals surface area (Å²) in [4.78, 5) is 20.7. The Hall–Kier alpha value is -2.43. The summed E-state index contributed by atoms with van der Waals surface area (Å²) in [5.41, 5.74) is 2.99. The largest absolute Gasteiger partial charge is 0.293 e. The summed E-state index contributed by atoms with van der Waals surface area (Å²) in [7, 11) is 0. The van der Waals surface area contributed by atoms with Gasteiger partial charge < -0.3 is 0 Å². The molecule has 0 atom stereocenters. The van der Waals surface area contributed by atoms with Crippen LogP contribution in [0.5, 0.6) is 0 Å². The maximum Gasteiger partial charge on any atom is 0.273 e. The molecule has 0 radical (unpaired) electrons. The molecule has 3 aromatic rings. The van der Waals surface area contributed by atoms with Gasteiger partial charge in [-0.15, -0.1) is 0 Å². The average molecular weight is 268 g/mol. The zero-order valence-corrected chi connectivity index (χ0v) is 11.7. The SMILES string of the molecule is CC(C)(C)c1cc2nc(-c3ccncc3)cc(=O)n2[nH]1. The van der Waals surface area contributed by atoms with Crippen LogP contribution in [0.2, 0.25) is 0 Å². The molecule has 0 amide bonds. The first-order valence-electron chi connectivity index (χ1n) is 6.49. The standard InChI is InChI=1S/C15H16N4O/c1-15(2,3)12-9-13-17-11(8-14(20)19(13)18-12)10-4-6-16-7-5-10/h4-9,18H,1-3H3. The molecule has 0 aliphatic carbocycles. The van der Waals surface area contributed by atoms with Crippen molar-refractivity contribution in [3.05, 3.63) is 52.7 Å². The lowest BCUT2D eigenvalue weighted by atomic mass is 9.93. The van der Waals surface area contributed by atoms with E-state index in [-0.39, 0.29) is 11.0 Å². The summed E-state index contributed by atoms with van der Waals surface area (Å²) in [5.74, 6) is 0. The summed E-state index contributed by atoms with van der Waals surface area (Å²) in [6, 6.07) is 7.14. The van der Waals surface area contributed by atoms with Crippen LogP contribution in [0.4, 0.5) is 0 Å². The second-order valence-electron chi connectivity index (χ2n) is 5.83. The zero-order chi connectivity index (χ0) is 14.3. The van der Waals surface area contributed by atoms with Crippen LogP contribution in [0, 0.1) is 0 Å². The Labute approximate surface area is 116 Å². The van der Waals surface area contributed by atoms with Crippen molar-refractivity contribution in [3.8, 4) is 11.3 Å². The number of fused-ring (bicyclic) bond motifs is 1. The average Bonchev–Trinajstić information content (AvgIpc) is 2.84. The van der Waals surface area contributed by atoms with E-state index in [1.165, 1.54) is 10.6 Å². The van der Waals surface area contributed by atoms with Gasteiger partial charge >= 0.3 is 0 Å². The van der Waals surface area contributed by atoms with Gasteiger partial charge in [-0.1, -0.05) is 20.8 Å². The zero-order valence-electron chi connectivity index (χ0n) is 11.7. The minimum Gasteiger partial charge on any atom is -0.293 e. The number of nitrogens with zero attached hydrogens (tertiary/aromatic N) is 3. The number of rotatable bonds is 1. The second-order valence-corrected chi connectivity index (χ2v) is 5.83. The number of pyridine rings is 1. The van der Waals surface area contributed by atoms with Crippen molar-refractivity contribution in [2.24, 2.45) is 0 Å². The van der Waals surface area contributed by atoms with Gasteiger partial charge in [0.25, 0.3) is 5.56 Å². The van der Waals surface area contributed by atoms with E-state index in [0.717, 1.165) is 11.3 Å². The number of aromatic nitrogens is 4. The molecule has 1 N–H and O–H groups in total. The van der Waals surface area contributed by atoms with Crippen LogP contribution < -0.4 is 5.56 Å². The van der Waals surface area contributed by atoms with Crippen molar-refractivity contribution in [2.45, 2.75) is 26.2 Å². The molecule has 0 bridgehead atoms. The number of hydrogen-bond donors (Lipinski definition) is 1. The predicted molar refractivity (Wildman–Crippen MR) is 77.7 cm³/mol. The van der Waals surface area contributed by atoms with E-state index >= 15 is 0 Å². The summed E-state index contributed by atoms with van der Waals surface area (Å²) in [5, 5.41) is 3.11. The van der Waals surface area contributed by atoms with Gasteiger partial charge in [-0.05, 0) is 12.1 Å². The van der Waals surface area contributed by atoms with E-state index in [1.807, 2.05) is 18.2 Å². The quantitative estimate of drug-likeness (QED) is 0.737. The number of H-pyrrole nitrogens is 1. The minimum atomic E-state index is -0.114. The lowest BCUT2D eigenvalue weighted by Gasteiger charge is -2.14. The van der Waals surface area contributed by atoms with Crippen LogP contribution in [0.15, 0.2) is 41.5 Å². The molecule has 0 aliphatic rings. The van der Waals surface area contributed by atoms with E-state index in [2.05, 4.69) is 35.8 Å². The van der Waals surface area contributed by atoms with Crippen molar-refractivity contribution >= 4 is 5.65 Å². The van der Waals surface area contributed by atoms with Crippen LogP contribution in [-0.4, -0.2) is 19.6 Å². The molecule has 3 heterocycles. The van der Waals surface area contributed by atoms with Crippen molar-refractivity contribution < 1.29 is 0 Å². The molecule has 0 spiro atoms. The fourth-order valence-corrected chi connectivity index (χ4v) is 2.05. The molecule has 20 heavy (non-hydrogen) atoms. The van der Waals surface area contributed by atoms with Gasteiger partial charge in [0.15, 0.2) is 5.65 Å². The van der Waals surface area contributed by atoms with Crippen molar-refractivity contribution in [1.82, 2.24) is 19.6 Å². The Morgan fingerprint density at radius 2 is 1.85 bits per heavy atom. The Bertz CT molecular complexity index is 809. The Morgan fingerprint density at radius 1 is 1.15 bits per heavy atom. The monoisotopic (exact) mass is 268 g/mol. The molecular formula is C15H16N4O. The molecule has 0 saturated heterocycles. The third-order valence-corrected chi connectivity index (χ3v) is 3.23. The predicted octanol–water partition coefficient (Wildman–Crippen LogP) is 2.38. The molecule has 3 aromatic heterocycles. The first-order valence-corrected chi connectivity index (χ1v) is 6.49. The van der Waals surface area contributed by atoms with Crippen molar-refractivity contribution in [2.75, 3.05) is 0 Å². The fourth-order valence-electron chi connectivity index (χ4n) is 2.05. The number of aromatic amines is 1. The molecule has 102 valence electrons. The van der Waals surface area contributed by atoms with E-state index in [9.17, 15) is 4.79 Å². The molecule has 0 fully saturated rings. The normalized spacial score (nSPS) is 11.9. The summed E-state index contributed by atoms with van der Waals surface area (Å²) >= 11 is 0. The van der Waals surface area contributed by atoms with Gasteiger partial charge in [-0.2, -0.15) is 0 Å². The second kappa shape index (κ2) is 4.30. The Kier molecular flexibility index (Phi) is 2.71. The third kappa shape index (κ3) is 2.11. The highest BCUT2D eigenvalue weighted by Gasteiger charge is 2.18. The molecule has 0 unspecified atom stereocenters. The van der Waals surface area contributed by atoms with Gasteiger partial charge in [0, 0.05) is 41.2 Å². The Morgan fingerprint density at radius 3 is 2.50 bits per heavy atom. The topological polar surface area (TPSA) is 63.1 Å². The highest BCUT2D eigenvalue weighted by atomic mass is 16.1. The number of hydrogen-bond acceptors (Lipinski definition) is 3. The van der Waals surface area contributed by atoms with Crippen molar-refractivity contribution in [1.29, 1.82) is 0 Å². The van der Waals surface area contributed by atoms with Crippen LogP contribution in [0.25, 0.3) is 16.9 Å². The van der Waals surface area contributed by atoms with Crippen LogP contribution in [0.3, 0.4) is 0 Å². The minimum absolute atomic E-state index is 0.0586. The molecule has 5 heteroatoms. The maximum atomic E-state index is 12.2. The van der Waals surface area contributed by atoms with Gasteiger partial charge in [0.1, 0.15) is 0 Å². The third-order valence-electron chi connectivity index (χ3n) is 3.23. The van der Waals surface area contributed by atoms with E-state index in [1.54, 1.807) is 12.4 Å². The van der Waals surface area contributed by atoms with Gasteiger partial charge in [-0.25, -0.2) is 9.50 Å². The van der Waals surface area contributed by atoms with Gasteiger partial charge in [0.2, 0.25) is 0 Å². The van der Waals surface area contributed by atoms with Crippen LogP contribution >= 0.6 is 0 Å². The maximum absolute atomic E-state index is 12.2. The fraction of sp³-hybridized carbons (Fsp3) is 0.267. The Balaban J connectivity index is 2.22. The van der Waals surface area contributed by atoms with E-state index in [4.69, 9.17) is 0 Å². The lowest BCUT2D eigenvalue weighted by Crippen LogP contribution is -2.16. The molecule has 5 nitrogen and oxygen atoms in total. The van der Waals surface area contributed by atoms with Crippen molar-refractivity contribution in [3.63, 3.8) is 0 Å². The van der Waals surface area contributed by atoms with Crippen LogP contribution in [0.1, 0.15) is 26.5 Å². The van der Waals surface area contributed by atoms with Crippen LogP contribution in [-0.2, 0) is 5.41 Å². The van der Waals surface area contributed by atoms with Gasteiger partial charge in [0.05, 0.1) is 5.69 Å². The number of nitrogens with one attached hydrogen (secondary N) is 1. The summed E-state index contributed by atoms with van der Waals surface area (Å²) < 4.78 is 1.48. The highest BCUT2D eigenvalue weighted by molar-refractivity contribution is 5.60.